The van der Waals surface area contributed by atoms with E-state index in [2.05, 4.69) is 29.9 Å². The highest BCUT2D eigenvalue weighted by atomic mass is 16.5. The van der Waals surface area contributed by atoms with Crippen molar-refractivity contribution in [2.24, 2.45) is 0 Å². The SMILES string of the molecule is CCCN(CCC)C(=O)c1ccc(-c2ccc3nc(OC)ccc3c2)cn1. The molecule has 5 nitrogen and oxygen atoms in total. The largest absolute Gasteiger partial charge is 0.481 e. The number of hydrogen-bond acceptors (Lipinski definition) is 4. The van der Waals surface area contributed by atoms with Gasteiger partial charge in [0.15, 0.2) is 0 Å². The van der Waals surface area contributed by atoms with Gasteiger partial charge in [0.05, 0.1) is 12.6 Å². The summed E-state index contributed by atoms with van der Waals surface area (Å²) in [6, 6.07) is 13.7. The number of nitrogens with zero attached hydrogens (tertiary/aromatic N) is 3. The number of amides is 1. The van der Waals surface area contributed by atoms with E-state index < -0.39 is 0 Å². The Morgan fingerprint density at radius 3 is 2.37 bits per heavy atom. The monoisotopic (exact) mass is 363 g/mol. The van der Waals surface area contributed by atoms with E-state index in [1.807, 2.05) is 41.3 Å². The third-order valence-corrected chi connectivity index (χ3v) is 4.46. The van der Waals surface area contributed by atoms with Gasteiger partial charge < -0.3 is 9.64 Å². The lowest BCUT2D eigenvalue weighted by Gasteiger charge is -2.21. The number of aromatic nitrogens is 2. The van der Waals surface area contributed by atoms with Crippen molar-refractivity contribution in [1.29, 1.82) is 0 Å². The Hall–Kier alpha value is -2.95. The van der Waals surface area contributed by atoms with Crippen molar-refractivity contribution in [2.45, 2.75) is 26.7 Å². The fourth-order valence-corrected chi connectivity index (χ4v) is 3.11. The van der Waals surface area contributed by atoms with Gasteiger partial charge in [0.2, 0.25) is 5.88 Å². The number of rotatable bonds is 7. The van der Waals surface area contributed by atoms with Crippen molar-refractivity contribution < 1.29 is 9.53 Å². The topological polar surface area (TPSA) is 55.3 Å². The Balaban J connectivity index is 1.84. The molecule has 140 valence electrons. The maximum absolute atomic E-state index is 12.7. The Labute approximate surface area is 160 Å². The number of methoxy groups -OCH3 is 1. The zero-order valence-corrected chi connectivity index (χ0v) is 16.1. The molecule has 1 amide bonds. The molecule has 0 aliphatic carbocycles. The quantitative estimate of drug-likeness (QED) is 0.617. The molecule has 0 radical (unpaired) electrons. The lowest BCUT2D eigenvalue weighted by molar-refractivity contribution is 0.0749. The van der Waals surface area contributed by atoms with E-state index in [0.29, 0.717) is 11.6 Å². The number of ether oxygens (including phenoxy) is 1. The van der Waals surface area contributed by atoms with Crippen LogP contribution in [0.5, 0.6) is 5.88 Å². The predicted molar refractivity (Wildman–Crippen MR) is 108 cm³/mol. The van der Waals surface area contributed by atoms with Crippen LogP contribution in [0.15, 0.2) is 48.7 Å². The zero-order chi connectivity index (χ0) is 19.2. The van der Waals surface area contributed by atoms with Crippen LogP contribution < -0.4 is 4.74 Å². The minimum absolute atomic E-state index is 0.0000523. The molecule has 1 aromatic carbocycles. The van der Waals surface area contributed by atoms with Crippen LogP contribution in [0.2, 0.25) is 0 Å². The maximum Gasteiger partial charge on any atom is 0.272 e. The van der Waals surface area contributed by atoms with Gasteiger partial charge >= 0.3 is 0 Å². The number of benzene rings is 1. The van der Waals surface area contributed by atoms with Crippen LogP contribution >= 0.6 is 0 Å². The van der Waals surface area contributed by atoms with E-state index in [1.54, 1.807) is 13.3 Å². The summed E-state index contributed by atoms with van der Waals surface area (Å²) in [5.41, 5.74) is 3.39. The zero-order valence-electron chi connectivity index (χ0n) is 16.1. The molecule has 0 aliphatic heterocycles. The molecule has 0 aliphatic rings. The van der Waals surface area contributed by atoms with Gasteiger partial charge in [-0.1, -0.05) is 26.0 Å². The first kappa shape index (κ1) is 18.8. The summed E-state index contributed by atoms with van der Waals surface area (Å²) >= 11 is 0. The molecule has 0 unspecified atom stereocenters. The van der Waals surface area contributed by atoms with Crippen molar-refractivity contribution in [3.05, 3.63) is 54.4 Å². The number of pyridine rings is 2. The highest BCUT2D eigenvalue weighted by Crippen LogP contribution is 2.25. The second kappa shape index (κ2) is 8.62. The van der Waals surface area contributed by atoms with Gasteiger partial charge in [0.25, 0.3) is 5.91 Å². The Kier molecular flexibility index (Phi) is 6.01. The Morgan fingerprint density at radius 2 is 1.74 bits per heavy atom. The summed E-state index contributed by atoms with van der Waals surface area (Å²) in [6.07, 6.45) is 3.65. The minimum Gasteiger partial charge on any atom is -0.481 e. The summed E-state index contributed by atoms with van der Waals surface area (Å²) in [7, 11) is 1.61. The van der Waals surface area contributed by atoms with E-state index in [4.69, 9.17) is 4.74 Å². The molecule has 0 saturated heterocycles. The number of carbonyl (C=O) groups is 1. The molecule has 0 atom stereocenters. The van der Waals surface area contributed by atoms with Crippen molar-refractivity contribution in [3.8, 4) is 17.0 Å². The number of carbonyl (C=O) groups excluding carboxylic acids is 1. The molecule has 3 rings (SSSR count). The molecule has 0 N–H and O–H groups in total. The molecule has 3 aromatic rings. The molecule has 2 heterocycles. The predicted octanol–water partition coefficient (Wildman–Crippen LogP) is 4.57. The van der Waals surface area contributed by atoms with Crippen LogP contribution in [0.3, 0.4) is 0 Å². The second-order valence-corrected chi connectivity index (χ2v) is 6.49. The fraction of sp³-hybridized carbons (Fsp3) is 0.318. The molecule has 0 spiro atoms. The van der Waals surface area contributed by atoms with Crippen LogP contribution in [-0.4, -0.2) is 41.0 Å². The first-order valence-corrected chi connectivity index (χ1v) is 9.36. The smallest absolute Gasteiger partial charge is 0.272 e. The molecule has 27 heavy (non-hydrogen) atoms. The van der Waals surface area contributed by atoms with Crippen LogP contribution in [0.4, 0.5) is 0 Å². The summed E-state index contributed by atoms with van der Waals surface area (Å²) in [6.45, 7) is 5.68. The van der Waals surface area contributed by atoms with Crippen LogP contribution in [0.1, 0.15) is 37.2 Å². The summed E-state index contributed by atoms with van der Waals surface area (Å²) < 4.78 is 5.17. The Morgan fingerprint density at radius 1 is 1.00 bits per heavy atom. The van der Waals surface area contributed by atoms with E-state index in [-0.39, 0.29) is 5.91 Å². The van der Waals surface area contributed by atoms with Gasteiger partial charge in [-0.05, 0) is 42.7 Å². The van der Waals surface area contributed by atoms with Gasteiger partial charge in [-0.3, -0.25) is 9.78 Å². The van der Waals surface area contributed by atoms with E-state index in [1.165, 1.54) is 0 Å². The minimum atomic E-state index is 0.0000523. The van der Waals surface area contributed by atoms with Gasteiger partial charge in [-0.25, -0.2) is 4.98 Å². The van der Waals surface area contributed by atoms with Crippen LogP contribution in [0.25, 0.3) is 22.0 Å². The van der Waals surface area contributed by atoms with Gasteiger partial charge in [0.1, 0.15) is 5.69 Å². The fourth-order valence-electron chi connectivity index (χ4n) is 3.11. The molecule has 2 aromatic heterocycles. The molecule has 0 saturated carbocycles. The third kappa shape index (κ3) is 4.25. The molecule has 0 fully saturated rings. The molecule has 5 heteroatoms. The molecular formula is C22H25N3O2. The highest BCUT2D eigenvalue weighted by Gasteiger charge is 2.15. The third-order valence-electron chi connectivity index (χ3n) is 4.46. The second-order valence-electron chi connectivity index (χ2n) is 6.49. The average molecular weight is 363 g/mol. The normalized spacial score (nSPS) is 10.8. The van der Waals surface area contributed by atoms with Gasteiger partial charge in [0, 0.05) is 36.3 Å². The van der Waals surface area contributed by atoms with Crippen LogP contribution in [0, 0.1) is 0 Å². The maximum atomic E-state index is 12.7. The average Bonchev–Trinajstić information content (AvgIpc) is 2.72. The number of fused-ring (bicyclic) bond motifs is 1. The Bertz CT molecular complexity index is 916. The van der Waals surface area contributed by atoms with Gasteiger partial charge in [-0.15, -0.1) is 0 Å². The summed E-state index contributed by atoms with van der Waals surface area (Å²) in [5, 5.41) is 1.03. The summed E-state index contributed by atoms with van der Waals surface area (Å²) in [4.78, 5) is 23.4. The molecule has 0 bridgehead atoms. The lowest BCUT2D eigenvalue weighted by Crippen LogP contribution is -2.33. The van der Waals surface area contributed by atoms with E-state index in [9.17, 15) is 4.79 Å². The van der Waals surface area contributed by atoms with Crippen molar-refractivity contribution in [3.63, 3.8) is 0 Å². The number of hydrogen-bond donors (Lipinski definition) is 0. The lowest BCUT2D eigenvalue weighted by atomic mass is 10.0. The van der Waals surface area contributed by atoms with Crippen molar-refractivity contribution >= 4 is 16.8 Å². The first-order chi connectivity index (χ1) is 13.2. The van der Waals surface area contributed by atoms with Crippen LogP contribution in [-0.2, 0) is 0 Å². The van der Waals surface area contributed by atoms with Gasteiger partial charge in [-0.2, -0.15) is 0 Å². The van der Waals surface area contributed by atoms with Crippen molar-refractivity contribution in [2.75, 3.05) is 20.2 Å². The standard InChI is InChI=1S/C22H25N3O2/c1-4-12-25(13-5-2)22(26)20-10-7-18(15-23-20)16-6-9-19-17(14-16)8-11-21(24-19)27-3/h6-11,14-15H,4-5,12-13H2,1-3H3. The van der Waals surface area contributed by atoms with Crippen molar-refractivity contribution in [1.82, 2.24) is 14.9 Å². The summed E-state index contributed by atoms with van der Waals surface area (Å²) in [5.74, 6) is 0.601. The first-order valence-electron chi connectivity index (χ1n) is 9.36. The molecular weight excluding hydrogens is 338 g/mol. The highest BCUT2D eigenvalue weighted by molar-refractivity contribution is 5.93. The van der Waals surface area contributed by atoms with E-state index in [0.717, 1.165) is 48.0 Å². The van der Waals surface area contributed by atoms with E-state index >= 15 is 0 Å².